The average Bonchev–Trinajstić information content (AvgIpc) is 2.73. The lowest BCUT2D eigenvalue weighted by atomic mass is 10.1. The third-order valence-corrected chi connectivity index (χ3v) is 6.62. The highest BCUT2D eigenvalue weighted by Gasteiger charge is 2.28. The minimum Gasteiger partial charge on any atom is -0.367 e. The van der Waals surface area contributed by atoms with E-state index < -0.39 is 10.0 Å². The van der Waals surface area contributed by atoms with Crippen LogP contribution in [0.1, 0.15) is 28.8 Å². The first-order chi connectivity index (χ1) is 14.0. The van der Waals surface area contributed by atoms with Crippen LogP contribution in [-0.4, -0.2) is 49.3 Å². The number of aromatic nitrogens is 1. The minimum absolute atomic E-state index is 0.0245. The number of nitrogens with one attached hydrogen (secondary N) is 2. The van der Waals surface area contributed by atoms with Crippen LogP contribution >= 0.6 is 0 Å². The molecule has 0 saturated carbocycles. The molecule has 152 valence electrons. The van der Waals surface area contributed by atoms with Gasteiger partial charge in [0.1, 0.15) is 5.82 Å². The number of amides is 1. The van der Waals surface area contributed by atoms with Crippen LogP contribution in [0, 0.1) is 12.3 Å². The molecule has 1 aromatic heterocycles. The molecule has 0 atom stereocenters. The van der Waals surface area contributed by atoms with Crippen molar-refractivity contribution in [2.75, 3.05) is 25.0 Å². The summed E-state index contributed by atoms with van der Waals surface area (Å²) in [5.74, 6) is 2.77. The summed E-state index contributed by atoms with van der Waals surface area (Å²) >= 11 is 0. The summed E-state index contributed by atoms with van der Waals surface area (Å²) in [5.41, 5.74) is 1.23. The van der Waals surface area contributed by atoms with Crippen molar-refractivity contribution >= 4 is 21.7 Å². The van der Waals surface area contributed by atoms with Gasteiger partial charge in [0.25, 0.3) is 5.91 Å². The van der Waals surface area contributed by atoms with Gasteiger partial charge in [0.15, 0.2) is 0 Å². The van der Waals surface area contributed by atoms with Gasteiger partial charge < -0.3 is 10.6 Å². The van der Waals surface area contributed by atoms with Crippen molar-refractivity contribution in [3.05, 3.63) is 59.8 Å². The summed E-state index contributed by atoms with van der Waals surface area (Å²) in [6.07, 6.45) is 8.01. The normalized spacial score (nSPS) is 15.4. The van der Waals surface area contributed by atoms with E-state index in [4.69, 9.17) is 6.42 Å². The summed E-state index contributed by atoms with van der Waals surface area (Å²) in [6, 6.07) is 12.8. The molecule has 0 radical (unpaired) electrons. The van der Waals surface area contributed by atoms with E-state index in [9.17, 15) is 13.2 Å². The Balaban J connectivity index is 1.51. The number of benzene rings is 1. The number of anilines is 1. The van der Waals surface area contributed by atoms with Crippen LogP contribution in [0.5, 0.6) is 0 Å². The number of pyridine rings is 1. The molecule has 2 aromatic rings. The number of sulfonamides is 1. The predicted molar refractivity (Wildman–Crippen MR) is 113 cm³/mol. The Bertz CT molecular complexity index is 961. The standard InChI is InChI=1S/C21H24N4O3S/c1-2-12-22-21(26)18-8-9-20(23-15-18)24-19-10-13-25(14-11-19)29(27,28)16-17-6-4-3-5-7-17/h1,3-9,15,19H,10-14,16H2,(H,22,26)(H,23,24). The molecule has 1 saturated heterocycles. The van der Waals surface area contributed by atoms with Crippen molar-refractivity contribution in [3.8, 4) is 12.3 Å². The Hall–Kier alpha value is -2.89. The Morgan fingerprint density at radius 1 is 1.17 bits per heavy atom. The number of nitrogens with zero attached hydrogens (tertiary/aromatic N) is 2. The van der Waals surface area contributed by atoms with Crippen LogP contribution in [0.4, 0.5) is 5.82 Å². The zero-order chi connectivity index (χ0) is 20.7. The molecule has 1 aromatic carbocycles. The Morgan fingerprint density at radius 3 is 2.52 bits per heavy atom. The predicted octanol–water partition coefficient (Wildman–Crippen LogP) is 1.85. The number of piperidine rings is 1. The first-order valence-electron chi connectivity index (χ1n) is 9.44. The van der Waals surface area contributed by atoms with Crippen LogP contribution in [0.2, 0.25) is 0 Å². The van der Waals surface area contributed by atoms with Gasteiger partial charge in [-0.25, -0.2) is 17.7 Å². The molecule has 3 rings (SSSR count). The number of hydrogen-bond donors (Lipinski definition) is 2. The Labute approximate surface area is 171 Å². The highest BCUT2D eigenvalue weighted by molar-refractivity contribution is 7.88. The fourth-order valence-corrected chi connectivity index (χ4v) is 4.77. The maximum atomic E-state index is 12.6. The van der Waals surface area contributed by atoms with Gasteiger partial charge in [-0.15, -0.1) is 6.42 Å². The molecule has 1 fully saturated rings. The van der Waals surface area contributed by atoms with Crippen LogP contribution in [0.15, 0.2) is 48.7 Å². The van der Waals surface area contributed by atoms with E-state index in [2.05, 4.69) is 21.5 Å². The molecule has 1 amide bonds. The summed E-state index contributed by atoms with van der Waals surface area (Å²) in [5, 5.41) is 5.90. The van der Waals surface area contributed by atoms with E-state index >= 15 is 0 Å². The number of terminal acetylenes is 1. The first kappa shape index (κ1) is 20.8. The molecular formula is C21H24N4O3S. The maximum absolute atomic E-state index is 12.6. The van der Waals surface area contributed by atoms with Crippen LogP contribution in [-0.2, 0) is 15.8 Å². The van der Waals surface area contributed by atoms with Gasteiger partial charge in [-0.2, -0.15) is 0 Å². The van der Waals surface area contributed by atoms with Gasteiger partial charge in [-0.05, 0) is 30.5 Å². The molecule has 0 spiro atoms. The van der Waals surface area contributed by atoms with Gasteiger partial charge in [0.05, 0.1) is 17.9 Å². The molecule has 0 aliphatic carbocycles. The lowest BCUT2D eigenvalue weighted by molar-refractivity contribution is 0.0958. The molecular weight excluding hydrogens is 388 g/mol. The fourth-order valence-electron chi connectivity index (χ4n) is 3.21. The summed E-state index contributed by atoms with van der Waals surface area (Å²) in [6.45, 7) is 1.11. The fraction of sp³-hybridized carbons (Fsp3) is 0.333. The molecule has 2 heterocycles. The topological polar surface area (TPSA) is 91.4 Å². The second-order valence-corrected chi connectivity index (χ2v) is 8.85. The van der Waals surface area contributed by atoms with Gasteiger partial charge >= 0.3 is 0 Å². The van der Waals surface area contributed by atoms with Crippen LogP contribution < -0.4 is 10.6 Å². The molecule has 0 unspecified atom stereocenters. The van der Waals surface area contributed by atoms with Gasteiger partial charge in [0.2, 0.25) is 10.0 Å². The van der Waals surface area contributed by atoms with Crippen LogP contribution in [0.25, 0.3) is 0 Å². The molecule has 1 aliphatic rings. The smallest absolute Gasteiger partial charge is 0.253 e. The molecule has 1 aliphatic heterocycles. The maximum Gasteiger partial charge on any atom is 0.253 e. The van der Waals surface area contributed by atoms with Crippen molar-refractivity contribution in [1.29, 1.82) is 0 Å². The van der Waals surface area contributed by atoms with E-state index in [1.54, 1.807) is 16.4 Å². The summed E-state index contributed by atoms with van der Waals surface area (Å²) in [7, 11) is -3.32. The van der Waals surface area contributed by atoms with Crippen LogP contribution in [0.3, 0.4) is 0 Å². The van der Waals surface area contributed by atoms with Crippen molar-refractivity contribution in [2.24, 2.45) is 0 Å². The minimum atomic E-state index is -3.32. The van der Waals surface area contributed by atoms with Crippen molar-refractivity contribution < 1.29 is 13.2 Å². The molecule has 2 N–H and O–H groups in total. The summed E-state index contributed by atoms with van der Waals surface area (Å²) < 4.78 is 26.8. The third-order valence-electron chi connectivity index (χ3n) is 4.77. The SMILES string of the molecule is C#CCNC(=O)c1ccc(NC2CCN(S(=O)(=O)Cc3ccccc3)CC2)nc1. The largest absolute Gasteiger partial charge is 0.367 e. The van der Waals surface area contributed by atoms with Crippen molar-refractivity contribution in [3.63, 3.8) is 0 Å². The molecule has 8 heteroatoms. The van der Waals surface area contributed by atoms with E-state index in [1.807, 2.05) is 30.3 Å². The van der Waals surface area contributed by atoms with Crippen molar-refractivity contribution in [1.82, 2.24) is 14.6 Å². The lowest BCUT2D eigenvalue weighted by Gasteiger charge is -2.32. The molecule has 29 heavy (non-hydrogen) atoms. The highest BCUT2D eigenvalue weighted by atomic mass is 32.2. The number of carbonyl (C=O) groups is 1. The van der Waals surface area contributed by atoms with Gasteiger partial charge in [-0.3, -0.25) is 4.79 Å². The second-order valence-electron chi connectivity index (χ2n) is 6.88. The van der Waals surface area contributed by atoms with Gasteiger partial charge in [0, 0.05) is 25.3 Å². The Morgan fingerprint density at radius 2 is 1.90 bits per heavy atom. The Kier molecular flexibility index (Phi) is 6.86. The zero-order valence-electron chi connectivity index (χ0n) is 16.0. The number of hydrogen-bond acceptors (Lipinski definition) is 5. The molecule has 0 bridgehead atoms. The average molecular weight is 413 g/mol. The monoisotopic (exact) mass is 412 g/mol. The first-order valence-corrected chi connectivity index (χ1v) is 11.0. The third kappa shape index (κ3) is 5.79. The van der Waals surface area contributed by atoms with Gasteiger partial charge in [-0.1, -0.05) is 36.3 Å². The van der Waals surface area contributed by atoms with E-state index in [-0.39, 0.29) is 24.2 Å². The summed E-state index contributed by atoms with van der Waals surface area (Å²) in [4.78, 5) is 16.1. The number of carbonyl (C=O) groups excluding carboxylic acids is 1. The second kappa shape index (κ2) is 9.54. The quantitative estimate of drug-likeness (QED) is 0.678. The molecule has 7 nitrogen and oxygen atoms in total. The van der Waals surface area contributed by atoms with E-state index in [0.29, 0.717) is 37.3 Å². The van der Waals surface area contributed by atoms with Crippen molar-refractivity contribution in [2.45, 2.75) is 24.6 Å². The van der Waals surface area contributed by atoms with E-state index in [1.165, 1.54) is 6.20 Å². The lowest BCUT2D eigenvalue weighted by Crippen LogP contribution is -2.42. The van der Waals surface area contributed by atoms with E-state index in [0.717, 1.165) is 5.56 Å². The zero-order valence-corrected chi connectivity index (χ0v) is 16.9. The highest BCUT2D eigenvalue weighted by Crippen LogP contribution is 2.20. The number of rotatable bonds is 7.